The van der Waals surface area contributed by atoms with Crippen LogP contribution >= 0.6 is 0 Å². The topological polar surface area (TPSA) is 41.8 Å². The minimum absolute atomic E-state index is 0.559. The fourth-order valence-electron chi connectivity index (χ4n) is 2.67. The Labute approximate surface area is 118 Å². The van der Waals surface area contributed by atoms with Gasteiger partial charge in [-0.3, -0.25) is 0 Å². The zero-order valence-corrected chi connectivity index (χ0v) is 11.5. The summed E-state index contributed by atoms with van der Waals surface area (Å²) < 4.78 is 5.95. The molecule has 0 unspecified atom stereocenters. The molecule has 0 amide bonds. The van der Waals surface area contributed by atoms with Crippen molar-refractivity contribution >= 4 is 5.71 Å². The lowest BCUT2D eigenvalue weighted by molar-refractivity contribution is 0.303. The molecule has 0 atom stereocenters. The van der Waals surface area contributed by atoms with Crippen LogP contribution in [0.1, 0.15) is 28.7 Å². The molecule has 0 fully saturated rings. The van der Waals surface area contributed by atoms with Crippen LogP contribution in [0, 0.1) is 6.92 Å². The Morgan fingerprint density at radius 2 is 2.00 bits per heavy atom. The summed E-state index contributed by atoms with van der Waals surface area (Å²) in [5.74, 6) is 0.891. The minimum atomic E-state index is 0.559. The lowest BCUT2D eigenvalue weighted by Crippen LogP contribution is -1.99. The molecule has 20 heavy (non-hydrogen) atoms. The van der Waals surface area contributed by atoms with Crippen LogP contribution < -0.4 is 4.74 Å². The van der Waals surface area contributed by atoms with Gasteiger partial charge in [0.1, 0.15) is 12.4 Å². The highest BCUT2D eigenvalue weighted by Crippen LogP contribution is 2.31. The van der Waals surface area contributed by atoms with Gasteiger partial charge < -0.3 is 9.94 Å². The lowest BCUT2D eigenvalue weighted by Gasteiger charge is -2.11. The van der Waals surface area contributed by atoms with Crippen molar-refractivity contribution in [3.05, 3.63) is 64.7 Å². The molecule has 0 bridgehead atoms. The molecular weight excluding hydrogens is 250 g/mol. The van der Waals surface area contributed by atoms with Crippen molar-refractivity contribution in [2.24, 2.45) is 5.16 Å². The Morgan fingerprint density at radius 3 is 2.80 bits per heavy atom. The molecule has 0 spiro atoms. The number of oxime groups is 1. The van der Waals surface area contributed by atoms with Gasteiger partial charge in [0.25, 0.3) is 0 Å². The second-order valence-electron chi connectivity index (χ2n) is 5.11. The average molecular weight is 267 g/mol. The van der Waals surface area contributed by atoms with Crippen molar-refractivity contribution < 1.29 is 9.94 Å². The summed E-state index contributed by atoms with van der Waals surface area (Å²) in [6.07, 6.45) is 1.65. The maximum absolute atomic E-state index is 8.99. The molecule has 102 valence electrons. The fourth-order valence-corrected chi connectivity index (χ4v) is 2.67. The second kappa shape index (κ2) is 5.37. The zero-order valence-electron chi connectivity index (χ0n) is 11.5. The fraction of sp³-hybridized carbons (Fsp3) is 0.235. The molecule has 0 saturated carbocycles. The van der Waals surface area contributed by atoms with Crippen molar-refractivity contribution in [3.8, 4) is 5.75 Å². The Bertz CT molecular complexity index is 662. The molecule has 0 saturated heterocycles. The Morgan fingerprint density at radius 1 is 1.15 bits per heavy atom. The molecule has 0 aliphatic heterocycles. The van der Waals surface area contributed by atoms with Gasteiger partial charge in [-0.05, 0) is 31.4 Å². The molecule has 1 N–H and O–H groups in total. The number of benzene rings is 2. The van der Waals surface area contributed by atoms with Gasteiger partial charge in [-0.1, -0.05) is 47.1 Å². The third-order valence-electron chi connectivity index (χ3n) is 3.65. The van der Waals surface area contributed by atoms with Crippen LogP contribution in [-0.4, -0.2) is 10.9 Å². The Hall–Kier alpha value is -2.29. The number of fused-ring (bicyclic) bond motifs is 1. The van der Waals surface area contributed by atoms with Crippen molar-refractivity contribution in [2.45, 2.75) is 26.4 Å². The number of aryl methyl sites for hydroxylation is 1. The van der Waals surface area contributed by atoms with Gasteiger partial charge in [-0.2, -0.15) is 0 Å². The summed E-state index contributed by atoms with van der Waals surface area (Å²) in [6, 6.07) is 14.2. The van der Waals surface area contributed by atoms with Gasteiger partial charge >= 0.3 is 0 Å². The van der Waals surface area contributed by atoms with Gasteiger partial charge in [0.15, 0.2) is 0 Å². The maximum Gasteiger partial charge on any atom is 0.123 e. The number of nitrogens with zero attached hydrogens (tertiary/aromatic N) is 1. The summed E-state index contributed by atoms with van der Waals surface area (Å²) in [4.78, 5) is 0. The highest BCUT2D eigenvalue weighted by molar-refractivity contribution is 6.04. The van der Waals surface area contributed by atoms with Crippen molar-refractivity contribution in [1.29, 1.82) is 0 Å². The van der Waals surface area contributed by atoms with E-state index in [1.165, 1.54) is 5.56 Å². The van der Waals surface area contributed by atoms with E-state index in [-0.39, 0.29) is 0 Å². The third-order valence-corrected chi connectivity index (χ3v) is 3.65. The van der Waals surface area contributed by atoms with Crippen molar-refractivity contribution in [1.82, 2.24) is 0 Å². The third kappa shape index (κ3) is 2.39. The van der Waals surface area contributed by atoms with Crippen LogP contribution in [0.3, 0.4) is 0 Å². The van der Waals surface area contributed by atoms with Gasteiger partial charge in [-0.25, -0.2) is 0 Å². The first-order valence-corrected chi connectivity index (χ1v) is 6.79. The van der Waals surface area contributed by atoms with Gasteiger partial charge in [0.05, 0.1) is 5.71 Å². The van der Waals surface area contributed by atoms with E-state index in [1.54, 1.807) is 0 Å². The molecule has 2 aromatic rings. The summed E-state index contributed by atoms with van der Waals surface area (Å²) >= 11 is 0. The molecule has 1 aliphatic carbocycles. The van der Waals surface area contributed by atoms with E-state index < -0.39 is 0 Å². The van der Waals surface area contributed by atoms with Crippen molar-refractivity contribution in [3.63, 3.8) is 0 Å². The van der Waals surface area contributed by atoms with Crippen LogP contribution in [0.25, 0.3) is 0 Å². The largest absolute Gasteiger partial charge is 0.489 e. The molecule has 3 rings (SSSR count). The maximum atomic E-state index is 8.99. The standard InChI is InChI=1S/C17H17NO2/c1-12-4-2-5-13(10-12)11-20-17-7-3-6-14-15(17)8-9-16(14)18-19/h2-7,10,19H,8-9,11H2,1H3. The van der Waals surface area contributed by atoms with E-state index in [1.807, 2.05) is 24.3 Å². The van der Waals surface area contributed by atoms with Crippen LogP contribution in [0.4, 0.5) is 0 Å². The van der Waals surface area contributed by atoms with E-state index in [4.69, 9.17) is 9.94 Å². The van der Waals surface area contributed by atoms with E-state index >= 15 is 0 Å². The highest BCUT2D eigenvalue weighted by atomic mass is 16.5. The monoisotopic (exact) mass is 267 g/mol. The van der Waals surface area contributed by atoms with Gasteiger partial charge in [0, 0.05) is 11.1 Å². The molecule has 2 aromatic carbocycles. The lowest BCUT2D eigenvalue weighted by atomic mass is 10.1. The number of hydrogen-bond donors (Lipinski definition) is 1. The molecule has 0 aromatic heterocycles. The summed E-state index contributed by atoms with van der Waals surface area (Å²) in [6.45, 7) is 2.64. The molecule has 3 nitrogen and oxygen atoms in total. The van der Waals surface area contributed by atoms with E-state index in [0.717, 1.165) is 41.0 Å². The SMILES string of the molecule is Cc1cccc(COc2cccc3c2CCC3=NO)c1. The first kappa shape index (κ1) is 12.7. The first-order valence-electron chi connectivity index (χ1n) is 6.79. The predicted molar refractivity (Wildman–Crippen MR) is 78.6 cm³/mol. The summed E-state index contributed by atoms with van der Waals surface area (Å²) in [7, 11) is 0. The highest BCUT2D eigenvalue weighted by Gasteiger charge is 2.21. The van der Waals surface area contributed by atoms with Gasteiger partial charge in [-0.15, -0.1) is 0 Å². The Balaban J connectivity index is 1.81. The first-order chi connectivity index (χ1) is 9.78. The smallest absolute Gasteiger partial charge is 0.123 e. The van der Waals surface area contributed by atoms with E-state index in [0.29, 0.717) is 6.61 Å². The summed E-state index contributed by atoms with van der Waals surface area (Å²) in [5, 5.41) is 12.4. The Kier molecular flexibility index (Phi) is 3.42. The van der Waals surface area contributed by atoms with Gasteiger partial charge in [0.2, 0.25) is 0 Å². The minimum Gasteiger partial charge on any atom is -0.489 e. The molecule has 0 radical (unpaired) electrons. The molecule has 3 heteroatoms. The van der Waals surface area contributed by atoms with Crippen LogP contribution in [0.15, 0.2) is 47.6 Å². The van der Waals surface area contributed by atoms with Crippen molar-refractivity contribution in [2.75, 3.05) is 0 Å². The zero-order chi connectivity index (χ0) is 13.9. The normalized spacial score (nSPS) is 15.3. The second-order valence-corrected chi connectivity index (χ2v) is 5.11. The number of hydrogen-bond acceptors (Lipinski definition) is 3. The summed E-state index contributed by atoms with van der Waals surface area (Å²) in [5.41, 5.74) is 5.30. The quantitative estimate of drug-likeness (QED) is 0.680. The van der Waals surface area contributed by atoms with Crippen LogP contribution in [0.2, 0.25) is 0 Å². The number of rotatable bonds is 3. The molecule has 1 aliphatic rings. The number of ether oxygens (including phenoxy) is 1. The predicted octanol–water partition coefficient (Wildman–Crippen LogP) is 3.70. The van der Waals surface area contributed by atoms with E-state index in [2.05, 4.69) is 30.3 Å². The van der Waals surface area contributed by atoms with Crippen LogP contribution in [-0.2, 0) is 13.0 Å². The molecule has 0 heterocycles. The van der Waals surface area contributed by atoms with E-state index in [9.17, 15) is 0 Å². The molecular formula is C17H17NO2. The van der Waals surface area contributed by atoms with Crippen LogP contribution in [0.5, 0.6) is 5.75 Å². The average Bonchev–Trinajstić information content (AvgIpc) is 2.89.